The van der Waals surface area contributed by atoms with Gasteiger partial charge in [-0.3, -0.25) is 9.69 Å². The second-order valence-corrected chi connectivity index (χ2v) is 6.91. The van der Waals surface area contributed by atoms with Crippen molar-refractivity contribution in [2.24, 2.45) is 0 Å². The molecule has 1 N–H and O–H groups in total. The highest BCUT2D eigenvalue weighted by Crippen LogP contribution is 2.15. The average molecular weight is 331 g/mol. The van der Waals surface area contributed by atoms with Gasteiger partial charge in [-0.2, -0.15) is 0 Å². The summed E-state index contributed by atoms with van der Waals surface area (Å²) in [6.45, 7) is 7.75. The zero-order chi connectivity index (χ0) is 16.8. The third-order valence-electron chi connectivity index (χ3n) is 5.15. The maximum Gasteiger partial charge on any atom is 0.222 e. The fraction of sp³-hybridized carbons (Fsp3) is 0.632. The lowest BCUT2D eigenvalue weighted by molar-refractivity contribution is -0.127. The van der Waals surface area contributed by atoms with Crippen LogP contribution in [0, 0.1) is 0 Å². The van der Waals surface area contributed by atoms with E-state index in [4.69, 9.17) is 0 Å². The Hall–Kier alpha value is -1.43. The van der Waals surface area contributed by atoms with Crippen molar-refractivity contribution in [3.05, 3.63) is 35.9 Å². The normalized spacial score (nSPS) is 21.4. The quantitative estimate of drug-likeness (QED) is 0.819. The summed E-state index contributed by atoms with van der Waals surface area (Å²) in [6.07, 6.45) is 2.43. The number of aliphatic hydroxyl groups excluding tert-OH is 1. The molecule has 1 aromatic carbocycles. The highest BCUT2D eigenvalue weighted by Gasteiger charge is 2.22. The lowest BCUT2D eigenvalue weighted by Crippen LogP contribution is -2.48. The van der Waals surface area contributed by atoms with E-state index in [1.165, 1.54) is 0 Å². The van der Waals surface area contributed by atoms with Gasteiger partial charge in [0.2, 0.25) is 5.91 Å². The molecule has 0 saturated carbocycles. The molecule has 0 spiro atoms. The lowest BCUT2D eigenvalue weighted by Gasteiger charge is -2.35. The molecule has 0 aliphatic carbocycles. The van der Waals surface area contributed by atoms with Gasteiger partial charge in [0.05, 0.1) is 6.10 Å². The number of carbonyl (C=O) groups is 1. The first-order valence-electron chi connectivity index (χ1n) is 9.18. The molecule has 1 aromatic rings. The Bertz CT molecular complexity index is 515. The fourth-order valence-electron chi connectivity index (χ4n) is 3.65. The zero-order valence-corrected chi connectivity index (χ0v) is 14.4. The van der Waals surface area contributed by atoms with Crippen LogP contribution in [-0.4, -0.2) is 78.1 Å². The Morgan fingerprint density at radius 3 is 2.33 bits per heavy atom. The Balaban J connectivity index is 1.33. The number of aliphatic hydroxyl groups is 1. The standard InChI is InChI=1S/C19H29N3O2/c23-18(17-6-2-1-3-7-17)16-21-14-12-20(13-15-21)9-5-11-22-10-4-8-19(22)24/h1-3,6-7,18,23H,4-5,8-16H2/t18-/m1/s1. The summed E-state index contributed by atoms with van der Waals surface area (Å²) in [5, 5.41) is 10.3. The Kier molecular flexibility index (Phi) is 6.24. The van der Waals surface area contributed by atoms with Crippen molar-refractivity contribution < 1.29 is 9.90 Å². The van der Waals surface area contributed by atoms with Gasteiger partial charge in [0, 0.05) is 52.2 Å². The Morgan fingerprint density at radius 2 is 1.67 bits per heavy atom. The minimum Gasteiger partial charge on any atom is -0.387 e. The van der Waals surface area contributed by atoms with E-state index in [-0.39, 0.29) is 0 Å². The van der Waals surface area contributed by atoms with E-state index in [0.29, 0.717) is 12.5 Å². The summed E-state index contributed by atoms with van der Waals surface area (Å²) >= 11 is 0. The van der Waals surface area contributed by atoms with Gasteiger partial charge in [0.25, 0.3) is 0 Å². The van der Waals surface area contributed by atoms with Gasteiger partial charge in [0.1, 0.15) is 0 Å². The topological polar surface area (TPSA) is 47.0 Å². The van der Waals surface area contributed by atoms with Crippen molar-refractivity contribution in [2.75, 3.05) is 52.4 Å². The molecule has 3 rings (SSSR count). The van der Waals surface area contributed by atoms with Crippen LogP contribution in [0.4, 0.5) is 0 Å². The molecule has 2 fully saturated rings. The van der Waals surface area contributed by atoms with Gasteiger partial charge in [-0.05, 0) is 24.9 Å². The SMILES string of the molecule is O=C1CCCN1CCCN1CCN(C[C@@H](O)c2ccccc2)CC1. The molecule has 5 heteroatoms. The second kappa shape index (κ2) is 8.60. The summed E-state index contributed by atoms with van der Waals surface area (Å²) in [6, 6.07) is 9.90. The van der Waals surface area contributed by atoms with Crippen LogP contribution in [0.3, 0.4) is 0 Å². The third-order valence-corrected chi connectivity index (χ3v) is 5.15. The monoisotopic (exact) mass is 331 g/mol. The van der Waals surface area contributed by atoms with Crippen molar-refractivity contribution in [2.45, 2.75) is 25.4 Å². The number of β-amino-alcohol motifs (C(OH)–C–C–N with tert-alkyl or cyclic N) is 1. The summed E-state index contributed by atoms with van der Waals surface area (Å²) in [4.78, 5) is 18.4. The number of nitrogens with zero attached hydrogens (tertiary/aromatic N) is 3. The van der Waals surface area contributed by atoms with E-state index < -0.39 is 6.10 Å². The molecular formula is C19H29N3O2. The van der Waals surface area contributed by atoms with Crippen molar-refractivity contribution in [3.63, 3.8) is 0 Å². The average Bonchev–Trinajstić information content (AvgIpc) is 3.02. The minimum absolute atomic E-state index is 0.328. The van der Waals surface area contributed by atoms with Gasteiger partial charge in [-0.15, -0.1) is 0 Å². The van der Waals surface area contributed by atoms with Crippen molar-refractivity contribution in [3.8, 4) is 0 Å². The smallest absolute Gasteiger partial charge is 0.222 e. The number of likely N-dealkylation sites (tertiary alicyclic amines) is 1. The first-order chi connectivity index (χ1) is 11.7. The predicted octanol–water partition coefficient (Wildman–Crippen LogP) is 1.35. The second-order valence-electron chi connectivity index (χ2n) is 6.91. The van der Waals surface area contributed by atoms with Gasteiger partial charge in [-0.1, -0.05) is 30.3 Å². The van der Waals surface area contributed by atoms with Crippen molar-refractivity contribution >= 4 is 5.91 Å². The molecule has 0 unspecified atom stereocenters. The number of hydrogen-bond donors (Lipinski definition) is 1. The first kappa shape index (κ1) is 17.4. The number of benzene rings is 1. The molecule has 0 aromatic heterocycles. The summed E-state index contributed by atoms with van der Waals surface area (Å²) in [5.41, 5.74) is 0.996. The van der Waals surface area contributed by atoms with E-state index in [1.54, 1.807) is 0 Å². The molecule has 1 amide bonds. The van der Waals surface area contributed by atoms with Gasteiger partial charge >= 0.3 is 0 Å². The third kappa shape index (κ3) is 4.79. The first-order valence-corrected chi connectivity index (χ1v) is 9.18. The fourth-order valence-corrected chi connectivity index (χ4v) is 3.65. The summed E-state index contributed by atoms with van der Waals surface area (Å²) < 4.78 is 0. The van der Waals surface area contributed by atoms with Crippen LogP contribution in [0.15, 0.2) is 30.3 Å². The number of hydrogen-bond acceptors (Lipinski definition) is 4. The van der Waals surface area contributed by atoms with Crippen LogP contribution < -0.4 is 0 Å². The van der Waals surface area contributed by atoms with Gasteiger partial charge in [-0.25, -0.2) is 0 Å². The maximum absolute atomic E-state index is 11.6. The molecule has 2 saturated heterocycles. The molecule has 2 aliphatic rings. The van der Waals surface area contributed by atoms with E-state index in [0.717, 1.165) is 70.6 Å². The van der Waals surface area contributed by atoms with Crippen LogP contribution in [0.1, 0.15) is 30.9 Å². The zero-order valence-electron chi connectivity index (χ0n) is 14.4. The largest absolute Gasteiger partial charge is 0.387 e. The highest BCUT2D eigenvalue weighted by molar-refractivity contribution is 5.77. The molecule has 5 nitrogen and oxygen atoms in total. The van der Waals surface area contributed by atoms with Crippen LogP contribution in [-0.2, 0) is 4.79 Å². The Labute approximate surface area is 144 Å². The maximum atomic E-state index is 11.6. The molecule has 0 bridgehead atoms. The molecule has 24 heavy (non-hydrogen) atoms. The summed E-state index contributed by atoms with van der Waals surface area (Å²) in [5.74, 6) is 0.328. The van der Waals surface area contributed by atoms with Crippen molar-refractivity contribution in [1.82, 2.24) is 14.7 Å². The molecule has 0 radical (unpaired) electrons. The summed E-state index contributed by atoms with van der Waals surface area (Å²) in [7, 11) is 0. The van der Waals surface area contributed by atoms with E-state index >= 15 is 0 Å². The molecule has 2 heterocycles. The van der Waals surface area contributed by atoms with E-state index in [9.17, 15) is 9.90 Å². The van der Waals surface area contributed by atoms with Gasteiger partial charge < -0.3 is 14.9 Å². The van der Waals surface area contributed by atoms with Crippen LogP contribution in [0.25, 0.3) is 0 Å². The number of amides is 1. The minimum atomic E-state index is -0.404. The number of rotatable bonds is 7. The molecule has 1 atom stereocenters. The Morgan fingerprint density at radius 1 is 0.958 bits per heavy atom. The van der Waals surface area contributed by atoms with Crippen LogP contribution in [0.5, 0.6) is 0 Å². The van der Waals surface area contributed by atoms with E-state index in [1.807, 2.05) is 35.2 Å². The number of carbonyl (C=O) groups excluding carboxylic acids is 1. The van der Waals surface area contributed by atoms with Gasteiger partial charge in [0.15, 0.2) is 0 Å². The predicted molar refractivity (Wildman–Crippen MR) is 94.7 cm³/mol. The van der Waals surface area contributed by atoms with Crippen LogP contribution in [0.2, 0.25) is 0 Å². The highest BCUT2D eigenvalue weighted by atomic mass is 16.3. The number of piperazine rings is 1. The van der Waals surface area contributed by atoms with E-state index in [2.05, 4.69) is 9.80 Å². The molecule has 132 valence electrons. The van der Waals surface area contributed by atoms with Crippen LogP contribution >= 0.6 is 0 Å². The molecule has 2 aliphatic heterocycles. The molecular weight excluding hydrogens is 302 g/mol. The lowest BCUT2D eigenvalue weighted by atomic mass is 10.1. The van der Waals surface area contributed by atoms with Crippen molar-refractivity contribution in [1.29, 1.82) is 0 Å².